The van der Waals surface area contributed by atoms with Crippen LogP contribution >= 0.6 is 0 Å². The molecule has 1 fully saturated rings. The van der Waals surface area contributed by atoms with E-state index in [1.165, 1.54) is 24.5 Å². The first-order chi connectivity index (χ1) is 4.75. The molecule has 0 aliphatic carbocycles. The molecule has 0 aromatic carbocycles. The third-order valence-electron chi connectivity index (χ3n) is 2.37. The molecule has 2 nitrogen and oxygen atoms in total. The van der Waals surface area contributed by atoms with Crippen LogP contribution in [0.4, 0.5) is 0 Å². The predicted molar refractivity (Wildman–Crippen MR) is 46.1 cm³/mol. The number of rotatable bonds is 2. The summed E-state index contributed by atoms with van der Waals surface area (Å²) in [6.45, 7) is 4.94. The Balaban J connectivity index is 2.38. The molecule has 0 unspecified atom stereocenters. The molecule has 0 aromatic rings. The van der Waals surface area contributed by atoms with Crippen LogP contribution in [0.3, 0.4) is 0 Å². The molecule has 3 heteroatoms. The molecular formula is C7H17GaN2. The molecule has 1 rings (SSSR count). The summed E-state index contributed by atoms with van der Waals surface area (Å²) in [5.74, 6) is 0. The number of nitrogens with zero attached hydrogens (tertiary/aromatic N) is 2. The van der Waals surface area contributed by atoms with Gasteiger partial charge in [0.15, 0.2) is 0 Å². The molecule has 0 atom stereocenters. The third-order valence-corrected chi connectivity index (χ3v) is 10.0. The SMILES string of the molecule is CC[CH2][Ga]1[N](C)CC[N]1C. The van der Waals surface area contributed by atoms with Gasteiger partial charge in [-0.05, 0) is 0 Å². The summed E-state index contributed by atoms with van der Waals surface area (Å²) in [5, 5.41) is 0. The summed E-state index contributed by atoms with van der Waals surface area (Å²) < 4.78 is 5.24. The van der Waals surface area contributed by atoms with Gasteiger partial charge in [-0.3, -0.25) is 0 Å². The van der Waals surface area contributed by atoms with Crippen molar-refractivity contribution in [2.45, 2.75) is 18.3 Å². The fourth-order valence-electron chi connectivity index (χ4n) is 1.65. The van der Waals surface area contributed by atoms with Crippen LogP contribution in [0, 0.1) is 0 Å². The molecular weight excluding hydrogens is 182 g/mol. The van der Waals surface area contributed by atoms with Crippen molar-refractivity contribution >= 4 is 16.7 Å². The predicted octanol–water partition coefficient (Wildman–Crippen LogP) is 0.762. The van der Waals surface area contributed by atoms with E-state index in [-0.39, 0.29) is 0 Å². The summed E-state index contributed by atoms with van der Waals surface area (Å²) in [6.07, 6.45) is 1.37. The van der Waals surface area contributed by atoms with Crippen molar-refractivity contribution < 1.29 is 0 Å². The van der Waals surface area contributed by atoms with Gasteiger partial charge in [-0.1, -0.05) is 0 Å². The summed E-state index contributed by atoms with van der Waals surface area (Å²) in [4.78, 5) is 1.50. The van der Waals surface area contributed by atoms with Gasteiger partial charge >= 0.3 is 69.4 Å². The van der Waals surface area contributed by atoms with Crippen LogP contribution in [0.15, 0.2) is 0 Å². The summed E-state index contributed by atoms with van der Waals surface area (Å²) in [6, 6.07) is 0. The Hall–Kier alpha value is 0.556. The van der Waals surface area contributed by atoms with Crippen LogP contribution in [0.1, 0.15) is 13.3 Å². The van der Waals surface area contributed by atoms with E-state index < -0.39 is 16.7 Å². The average molecular weight is 199 g/mol. The maximum atomic E-state index is 2.62. The molecule has 58 valence electrons. The van der Waals surface area contributed by atoms with E-state index in [9.17, 15) is 0 Å². The van der Waals surface area contributed by atoms with Gasteiger partial charge in [-0.2, -0.15) is 0 Å². The van der Waals surface area contributed by atoms with Gasteiger partial charge in [0.2, 0.25) is 0 Å². The van der Waals surface area contributed by atoms with E-state index in [0.29, 0.717) is 0 Å². The summed E-state index contributed by atoms with van der Waals surface area (Å²) in [5.41, 5.74) is 0. The molecule has 1 aliphatic heterocycles. The van der Waals surface area contributed by atoms with E-state index >= 15 is 0 Å². The van der Waals surface area contributed by atoms with Crippen molar-refractivity contribution in [3.05, 3.63) is 0 Å². The van der Waals surface area contributed by atoms with Gasteiger partial charge in [0.25, 0.3) is 0 Å². The van der Waals surface area contributed by atoms with Gasteiger partial charge in [0.05, 0.1) is 0 Å². The van der Waals surface area contributed by atoms with Gasteiger partial charge in [0, 0.05) is 0 Å². The molecule has 0 amide bonds. The second kappa shape index (κ2) is 3.81. The normalized spacial score (nSPS) is 22.5. The standard InChI is InChI=1S/C4H10N2.C3H7.Ga/c1-5-3-4-6-2;1-3-2;/h3-4H2,1-2H3;1,3H2,2H3;/q-2;;+2. The van der Waals surface area contributed by atoms with Crippen molar-refractivity contribution in [3.63, 3.8) is 0 Å². The molecule has 0 N–H and O–H groups in total. The fraction of sp³-hybridized carbons (Fsp3) is 1.00. The number of likely N-dealkylation sites (N-methyl/N-ethyl adjacent to an activating group) is 2. The van der Waals surface area contributed by atoms with Crippen LogP contribution in [-0.4, -0.2) is 51.1 Å². The van der Waals surface area contributed by atoms with Crippen molar-refractivity contribution in [1.82, 2.24) is 7.21 Å². The first-order valence-electron chi connectivity index (χ1n) is 4.16. The zero-order chi connectivity index (χ0) is 7.56. The first kappa shape index (κ1) is 8.65. The summed E-state index contributed by atoms with van der Waals surface area (Å²) >= 11 is -1.06. The van der Waals surface area contributed by atoms with E-state index in [4.69, 9.17) is 0 Å². The van der Waals surface area contributed by atoms with Crippen LogP contribution < -0.4 is 0 Å². The minimum atomic E-state index is -1.06. The van der Waals surface area contributed by atoms with Crippen LogP contribution in [0.5, 0.6) is 0 Å². The van der Waals surface area contributed by atoms with Crippen molar-refractivity contribution in [2.75, 3.05) is 27.2 Å². The quantitative estimate of drug-likeness (QED) is 0.605. The van der Waals surface area contributed by atoms with Gasteiger partial charge in [-0.15, -0.1) is 0 Å². The van der Waals surface area contributed by atoms with Crippen molar-refractivity contribution in [1.29, 1.82) is 0 Å². The Bertz CT molecular complexity index is 97.8. The molecule has 0 saturated carbocycles. The van der Waals surface area contributed by atoms with E-state index in [1.807, 2.05) is 0 Å². The van der Waals surface area contributed by atoms with Crippen LogP contribution in [0.2, 0.25) is 4.98 Å². The molecule has 0 bridgehead atoms. The maximum absolute atomic E-state index is 2.62. The molecule has 0 spiro atoms. The zero-order valence-corrected chi connectivity index (χ0v) is 9.72. The van der Waals surface area contributed by atoms with Crippen LogP contribution in [-0.2, 0) is 0 Å². The fourth-order valence-corrected chi connectivity index (χ4v) is 7.73. The monoisotopic (exact) mass is 198 g/mol. The zero-order valence-electron chi connectivity index (χ0n) is 7.30. The second-order valence-corrected chi connectivity index (χ2v) is 10.2. The van der Waals surface area contributed by atoms with E-state index in [1.54, 1.807) is 0 Å². The molecule has 1 saturated heterocycles. The summed E-state index contributed by atoms with van der Waals surface area (Å²) in [7, 11) is 4.59. The molecule has 10 heavy (non-hydrogen) atoms. The Kier molecular flexibility index (Phi) is 3.29. The third kappa shape index (κ3) is 1.78. The van der Waals surface area contributed by atoms with Crippen LogP contribution in [0.25, 0.3) is 0 Å². The molecule has 0 radical (unpaired) electrons. The van der Waals surface area contributed by atoms with Gasteiger partial charge < -0.3 is 0 Å². The van der Waals surface area contributed by atoms with E-state index in [2.05, 4.69) is 28.2 Å². The molecule has 1 heterocycles. The topological polar surface area (TPSA) is 6.48 Å². The first-order valence-corrected chi connectivity index (χ1v) is 8.04. The number of hydrogen-bond donors (Lipinski definition) is 0. The Morgan fingerprint density at radius 3 is 2.10 bits per heavy atom. The minimum absolute atomic E-state index is 1.06. The van der Waals surface area contributed by atoms with Gasteiger partial charge in [-0.25, -0.2) is 0 Å². The average Bonchev–Trinajstić information content (AvgIpc) is 2.20. The van der Waals surface area contributed by atoms with Crippen molar-refractivity contribution in [2.24, 2.45) is 0 Å². The molecule has 1 aliphatic rings. The Morgan fingerprint density at radius 1 is 1.20 bits per heavy atom. The molecule has 0 aromatic heterocycles. The second-order valence-electron chi connectivity index (χ2n) is 3.23. The van der Waals surface area contributed by atoms with E-state index in [0.717, 1.165) is 0 Å². The Labute approximate surface area is 69.8 Å². The number of hydrogen-bond acceptors (Lipinski definition) is 2. The Morgan fingerprint density at radius 2 is 1.70 bits per heavy atom. The van der Waals surface area contributed by atoms with Crippen molar-refractivity contribution in [3.8, 4) is 0 Å². The van der Waals surface area contributed by atoms with Gasteiger partial charge in [0.1, 0.15) is 0 Å².